The van der Waals surface area contributed by atoms with Crippen molar-refractivity contribution in [3.05, 3.63) is 35.1 Å². The van der Waals surface area contributed by atoms with Crippen molar-refractivity contribution in [2.45, 2.75) is 46.1 Å². The lowest BCUT2D eigenvalue weighted by Gasteiger charge is -2.37. The molecule has 0 aromatic heterocycles. The Bertz CT molecular complexity index is 447. The molecule has 0 bridgehead atoms. The predicted molar refractivity (Wildman–Crippen MR) is 87.1 cm³/mol. The van der Waals surface area contributed by atoms with Gasteiger partial charge in [-0.1, -0.05) is 19.9 Å². The maximum absolute atomic E-state index is 13.1. The highest BCUT2D eigenvalue weighted by Crippen LogP contribution is 2.18. The number of hydrogen-bond acceptors (Lipinski definition) is 2. The summed E-state index contributed by atoms with van der Waals surface area (Å²) in [6.07, 6.45) is 3.46. The van der Waals surface area contributed by atoms with Crippen LogP contribution in [0.4, 0.5) is 4.39 Å². The molecular weight excluding hydrogens is 263 g/mol. The topological polar surface area (TPSA) is 15.3 Å². The van der Waals surface area contributed by atoms with E-state index < -0.39 is 0 Å². The molecule has 2 rings (SSSR count). The Balaban J connectivity index is 1.80. The number of aryl methyl sites for hydroxylation is 1. The van der Waals surface area contributed by atoms with Crippen LogP contribution in [0.25, 0.3) is 0 Å². The van der Waals surface area contributed by atoms with Crippen LogP contribution in [-0.2, 0) is 6.42 Å². The van der Waals surface area contributed by atoms with Crippen LogP contribution in [-0.4, -0.2) is 37.1 Å². The largest absolute Gasteiger partial charge is 0.314 e. The fourth-order valence-corrected chi connectivity index (χ4v) is 3.29. The SMILES string of the molecule is CCCNC1CCN(CCc2ccc(F)cc2C)CC1C. The average Bonchev–Trinajstić information content (AvgIpc) is 2.45. The summed E-state index contributed by atoms with van der Waals surface area (Å²) in [5.41, 5.74) is 2.35. The molecule has 0 aliphatic carbocycles. The molecule has 1 heterocycles. The minimum atomic E-state index is -0.132. The van der Waals surface area contributed by atoms with Crippen LogP contribution < -0.4 is 5.32 Å². The van der Waals surface area contributed by atoms with Crippen LogP contribution in [0.15, 0.2) is 18.2 Å². The Hall–Kier alpha value is -0.930. The van der Waals surface area contributed by atoms with Gasteiger partial charge in [0.2, 0.25) is 0 Å². The minimum absolute atomic E-state index is 0.132. The fraction of sp³-hybridized carbons (Fsp3) is 0.667. The van der Waals surface area contributed by atoms with E-state index in [-0.39, 0.29) is 5.82 Å². The van der Waals surface area contributed by atoms with Crippen LogP contribution >= 0.6 is 0 Å². The Labute approximate surface area is 128 Å². The summed E-state index contributed by atoms with van der Waals surface area (Å²) < 4.78 is 13.1. The number of likely N-dealkylation sites (tertiary alicyclic amines) is 1. The van der Waals surface area contributed by atoms with Crippen LogP contribution in [0.5, 0.6) is 0 Å². The van der Waals surface area contributed by atoms with Gasteiger partial charge in [-0.15, -0.1) is 0 Å². The van der Waals surface area contributed by atoms with Crippen molar-refractivity contribution in [1.82, 2.24) is 10.2 Å². The minimum Gasteiger partial charge on any atom is -0.314 e. The first-order valence-electron chi connectivity index (χ1n) is 8.31. The van der Waals surface area contributed by atoms with Gasteiger partial charge in [-0.3, -0.25) is 0 Å². The molecule has 0 saturated carbocycles. The number of halogens is 1. The van der Waals surface area contributed by atoms with Crippen molar-refractivity contribution in [1.29, 1.82) is 0 Å². The van der Waals surface area contributed by atoms with Crippen LogP contribution in [0.2, 0.25) is 0 Å². The first-order chi connectivity index (χ1) is 10.1. The van der Waals surface area contributed by atoms with Crippen LogP contribution in [0, 0.1) is 18.7 Å². The third-order valence-corrected chi connectivity index (χ3v) is 4.65. The molecular formula is C18H29FN2. The van der Waals surface area contributed by atoms with E-state index in [1.807, 2.05) is 13.0 Å². The van der Waals surface area contributed by atoms with E-state index in [2.05, 4.69) is 24.1 Å². The van der Waals surface area contributed by atoms with Gasteiger partial charge in [-0.2, -0.15) is 0 Å². The van der Waals surface area contributed by atoms with Gasteiger partial charge in [-0.25, -0.2) is 4.39 Å². The molecule has 1 N–H and O–H groups in total. The van der Waals surface area contributed by atoms with Crippen molar-refractivity contribution in [3.63, 3.8) is 0 Å². The summed E-state index contributed by atoms with van der Waals surface area (Å²) in [5.74, 6) is 0.576. The number of benzene rings is 1. The van der Waals surface area contributed by atoms with E-state index in [4.69, 9.17) is 0 Å². The quantitative estimate of drug-likeness (QED) is 0.864. The van der Waals surface area contributed by atoms with Crippen molar-refractivity contribution in [2.75, 3.05) is 26.2 Å². The third kappa shape index (κ3) is 4.79. The first-order valence-corrected chi connectivity index (χ1v) is 8.31. The molecule has 1 saturated heterocycles. The molecule has 0 spiro atoms. The van der Waals surface area contributed by atoms with Gasteiger partial charge in [0.1, 0.15) is 5.82 Å². The number of rotatable bonds is 6. The predicted octanol–water partition coefficient (Wildman–Crippen LogP) is 3.39. The highest BCUT2D eigenvalue weighted by molar-refractivity contribution is 5.26. The molecule has 2 nitrogen and oxygen atoms in total. The zero-order chi connectivity index (χ0) is 15.2. The molecule has 1 aromatic carbocycles. The molecule has 2 atom stereocenters. The summed E-state index contributed by atoms with van der Waals surface area (Å²) in [5, 5.41) is 3.66. The molecule has 0 amide bonds. The molecule has 1 aliphatic heterocycles. The molecule has 3 heteroatoms. The Morgan fingerprint density at radius 2 is 2.19 bits per heavy atom. The van der Waals surface area contributed by atoms with Crippen molar-refractivity contribution in [2.24, 2.45) is 5.92 Å². The average molecular weight is 292 g/mol. The zero-order valence-electron chi connectivity index (χ0n) is 13.7. The van der Waals surface area contributed by atoms with Crippen molar-refractivity contribution in [3.8, 4) is 0 Å². The highest BCUT2D eigenvalue weighted by Gasteiger charge is 2.25. The molecule has 21 heavy (non-hydrogen) atoms. The standard InChI is InChI=1S/C18H29FN2/c1-4-9-20-18-8-11-21(13-15(18)3)10-7-16-5-6-17(19)12-14(16)2/h5-6,12,15,18,20H,4,7-11,13H2,1-3H3. The summed E-state index contributed by atoms with van der Waals surface area (Å²) in [6, 6.07) is 5.82. The molecule has 0 radical (unpaired) electrons. The molecule has 118 valence electrons. The van der Waals surface area contributed by atoms with Gasteiger partial charge >= 0.3 is 0 Å². The number of nitrogens with zero attached hydrogens (tertiary/aromatic N) is 1. The second-order valence-corrected chi connectivity index (χ2v) is 6.45. The van der Waals surface area contributed by atoms with Crippen molar-refractivity contribution >= 4 is 0 Å². The lowest BCUT2D eigenvalue weighted by molar-refractivity contribution is 0.149. The van der Waals surface area contributed by atoms with E-state index in [1.165, 1.54) is 31.5 Å². The number of nitrogens with one attached hydrogen (secondary N) is 1. The third-order valence-electron chi connectivity index (χ3n) is 4.65. The monoisotopic (exact) mass is 292 g/mol. The highest BCUT2D eigenvalue weighted by atomic mass is 19.1. The summed E-state index contributed by atoms with van der Waals surface area (Å²) >= 11 is 0. The van der Waals surface area contributed by atoms with E-state index in [0.29, 0.717) is 12.0 Å². The zero-order valence-corrected chi connectivity index (χ0v) is 13.7. The summed E-state index contributed by atoms with van der Waals surface area (Å²) in [6.45, 7) is 11.1. The number of piperidine rings is 1. The molecule has 1 aliphatic rings. The molecule has 1 fully saturated rings. The Morgan fingerprint density at radius 1 is 1.38 bits per heavy atom. The molecule has 2 unspecified atom stereocenters. The fourth-order valence-electron chi connectivity index (χ4n) is 3.29. The van der Waals surface area contributed by atoms with Gasteiger partial charge in [0.25, 0.3) is 0 Å². The van der Waals surface area contributed by atoms with Gasteiger partial charge in [-0.05, 0) is 68.5 Å². The lowest BCUT2D eigenvalue weighted by atomic mass is 9.93. The van der Waals surface area contributed by atoms with E-state index in [1.54, 1.807) is 12.1 Å². The van der Waals surface area contributed by atoms with Crippen molar-refractivity contribution < 1.29 is 4.39 Å². The van der Waals surface area contributed by atoms with Gasteiger partial charge in [0, 0.05) is 19.1 Å². The summed E-state index contributed by atoms with van der Waals surface area (Å²) in [7, 11) is 0. The Kier molecular flexibility index (Phi) is 6.19. The van der Waals surface area contributed by atoms with Crippen LogP contribution in [0.1, 0.15) is 37.8 Å². The van der Waals surface area contributed by atoms with Gasteiger partial charge < -0.3 is 10.2 Å². The lowest BCUT2D eigenvalue weighted by Crippen LogP contribution is -2.48. The van der Waals surface area contributed by atoms with Gasteiger partial charge in [0.15, 0.2) is 0 Å². The second kappa shape index (κ2) is 7.90. The Morgan fingerprint density at radius 3 is 2.86 bits per heavy atom. The maximum atomic E-state index is 13.1. The maximum Gasteiger partial charge on any atom is 0.123 e. The van der Waals surface area contributed by atoms with E-state index in [0.717, 1.165) is 25.1 Å². The number of hydrogen-bond donors (Lipinski definition) is 1. The summed E-state index contributed by atoms with van der Waals surface area (Å²) in [4.78, 5) is 2.55. The van der Waals surface area contributed by atoms with E-state index in [9.17, 15) is 4.39 Å². The first kappa shape index (κ1) is 16.4. The molecule has 1 aromatic rings. The second-order valence-electron chi connectivity index (χ2n) is 6.45. The normalized spacial score (nSPS) is 23.4. The van der Waals surface area contributed by atoms with E-state index >= 15 is 0 Å². The van der Waals surface area contributed by atoms with Crippen LogP contribution in [0.3, 0.4) is 0 Å². The smallest absolute Gasteiger partial charge is 0.123 e. The van der Waals surface area contributed by atoms with Gasteiger partial charge in [0.05, 0.1) is 0 Å².